The lowest BCUT2D eigenvalue weighted by molar-refractivity contribution is 0.101. The zero-order valence-corrected chi connectivity index (χ0v) is 18.3. The number of methoxy groups -OCH3 is 2. The SMILES string of the molecule is COc1cc(NC(=O)c2cc(S(=O)(=O)N3CCc4ccccc43)cn2C)cc(OC)c1. The van der Waals surface area contributed by atoms with Crippen LogP contribution in [0.5, 0.6) is 11.5 Å². The van der Waals surface area contributed by atoms with E-state index in [1.54, 1.807) is 31.3 Å². The topological polar surface area (TPSA) is 89.9 Å². The van der Waals surface area contributed by atoms with Gasteiger partial charge in [0.15, 0.2) is 0 Å². The third-order valence-corrected chi connectivity index (χ3v) is 7.03. The Hall–Kier alpha value is -3.46. The van der Waals surface area contributed by atoms with E-state index in [0.717, 1.165) is 5.56 Å². The number of nitrogens with zero attached hydrogens (tertiary/aromatic N) is 2. The maximum atomic E-state index is 13.3. The normalized spacial score (nSPS) is 13.1. The number of hydrogen-bond acceptors (Lipinski definition) is 5. The zero-order chi connectivity index (χ0) is 22.2. The molecular formula is C22H23N3O5S. The van der Waals surface area contributed by atoms with Crippen LogP contribution < -0.4 is 19.1 Å². The van der Waals surface area contributed by atoms with Crippen LogP contribution >= 0.6 is 0 Å². The molecule has 162 valence electrons. The second-order valence-electron chi connectivity index (χ2n) is 7.18. The molecule has 2 aromatic carbocycles. The molecule has 1 aliphatic rings. The Morgan fingerprint density at radius 3 is 2.39 bits per heavy atom. The maximum Gasteiger partial charge on any atom is 0.272 e. The Labute approximate surface area is 181 Å². The van der Waals surface area contributed by atoms with Crippen molar-refractivity contribution in [2.24, 2.45) is 7.05 Å². The minimum atomic E-state index is -3.79. The first-order chi connectivity index (χ1) is 14.8. The van der Waals surface area contributed by atoms with Gasteiger partial charge in [0.05, 0.1) is 19.9 Å². The molecule has 0 unspecified atom stereocenters. The number of carbonyl (C=O) groups excluding carboxylic acids is 1. The smallest absolute Gasteiger partial charge is 0.272 e. The van der Waals surface area contributed by atoms with Crippen LogP contribution in [0.2, 0.25) is 0 Å². The third kappa shape index (κ3) is 3.84. The number of aryl methyl sites for hydroxylation is 1. The van der Waals surface area contributed by atoms with E-state index in [0.29, 0.717) is 35.8 Å². The number of nitrogens with one attached hydrogen (secondary N) is 1. The summed E-state index contributed by atoms with van der Waals surface area (Å²) in [6, 6.07) is 13.8. The van der Waals surface area contributed by atoms with Gasteiger partial charge in [-0.05, 0) is 24.1 Å². The fourth-order valence-electron chi connectivity index (χ4n) is 3.66. The summed E-state index contributed by atoms with van der Waals surface area (Å²) in [4.78, 5) is 12.9. The quantitative estimate of drug-likeness (QED) is 0.635. The highest BCUT2D eigenvalue weighted by Gasteiger charge is 2.32. The average molecular weight is 442 g/mol. The van der Waals surface area contributed by atoms with Crippen LogP contribution in [0.1, 0.15) is 16.1 Å². The van der Waals surface area contributed by atoms with E-state index in [4.69, 9.17) is 9.47 Å². The average Bonchev–Trinajstić information content (AvgIpc) is 3.38. The minimum Gasteiger partial charge on any atom is -0.497 e. The zero-order valence-electron chi connectivity index (χ0n) is 17.5. The first kappa shape index (κ1) is 20.8. The number of benzene rings is 2. The number of hydrogen-bond donors (Lipinski definition) is 1. The highest BCUT2D eigenvalue weighted by molar-refractivity contribution is 7.92. The van der Waals surface area contributed by atoms with Gasteiger partial charge in [0.25, 0.3) is 15.9 Å². The molecule has 0 saturated carbocycles. The summed E-state index contributed by atoms with van der Waals surface area (Å²) in [6.45, 7) is 0.377. The second kappa shape index (κ2) is 7.99. The van der Waals surface area contributed by atoms with Gasteiger partial charge in [-0.15, -0.1) is 0 Å². The molecule has 9 heteroatoms. The summed E-state index contributed by atoms with van der Waals surface area (Å²) >= 11 is 0. The number of anilines is 2. The van der Waals surface area contributed by atoms with E-state index in [9.17, 15) is 13.2 Å². The Kier molecular flexibility index (Phi) is 5.36. The third-order valence-electron chi connectivity index (χ3n) is 5.25. The molecule has 0 spiro atoms. The van der Waals surface area contributed by atoms with Crippen molar-refractivity contribution in [1.82, 2.24) is 4.57 Å². The molecule has 0 radical (unpaired) electrons. The summed E-state index contributed by atoms with van der Waals surface area (Å²) in [5.41, 5.74) is 2.36. The van der Waals surface area contributed by atoms with Gasteiger partial charge in [0.2, 0.25) is 0 Å². The molecular weight excluding hydrogens is 418 g/mol. The van der Waals surface area contributed by atoms with Gasteiger partial charge in [-0.1, -0.05) is 18.2 Å². The molecule has 0 fully saturated rings. The van der Waals surface area contributed by atoms with Gasteiger partial charge in [0, 0.05) is 43.7 Å². The van der Waals surface area contributed by atoms with Crippen LogP contribution in [-0.2, 0) is 23.5 Å². The number of fused-ring (bicyclic) bond motifs is 1. The summed E-state index contributed by atoms with van der Waals surface area (Å²) < 4.78 is 39.9. The first-order valence-electron chi connectivity index (χ1n) is 9.65. The number of amides is 1. The van der Waals surface area contributed by atoms with Gasteiger partial charge in [-0.2, -0.15) is 0 Å². The van der Waals surface area contributed by atoms with Crippen molar-refractivity contribution in [1.29, 1.82) is 0 Å². The lowest BCUT2D eigenvalue weighted by atomic mass is 10.2. The summed E-state index contributed by atoms with van der Waals surface area (Å²) in [7, 11) is 0.886. The Balaban J connectivity index is 1.61. The molecule has 1 amide bonds. The highest BCUT2D eigenvalue weighted by atomic mass is 32.2. The number of ether oxygens (including phenoxy) is 2. The van der Waals surface area contributed by atoms with Crippen molar-refractivity contribution >= 4 is 27.3 Å². The molecule has 31 heavy (non-hydrogen) atoms. The van der Waals surface area contributed by atoms with E-state index < -0.39 is 15.9 Å². The molecule has 0 saturated heterocycles. The van der Waals surface area contributed by atoms with Crippen molar-refractivity contribution in [2.75, 3.05) is 30.4 Å². The van der Waals surface area contributed by atoms with Crippen molar-refractivity contribution < 1.29 is 22.7 Å². The number of para-hydroxylation sites is 1. The summed E-state index contributed by atoms with van der Waals surface area (Å²) in [5, 5.41) is 2.77. The Morgan fingerprint density at radius 1 is 1.03 bits per heavy atom. The lowest BCUT2D eigenvalue weighted by Crippen LogP contribution is -2.28. The molecule has 4 rings (SSSR count). The molecule has 1 N–H and O–H groups in total. The van der Waals surface area contributed by atoms with Crippen LogP contribution in [0.4, 0.5) is 11.4 Å². The van der Waals surface area contributed by atoms with Gasteiger partial charge >= 0.3 is 0 Å². The van der Waals surface area contributed by atoms with E-state index in [2.05, 4.69) is 5.32 Å². The molecule has 2 heterocycles. The van der Waals surface area contributed by atoms with Crippen molar-refractivity contribution in [3.8, 4) is 11.5 Å². The van der Waals surface area contributed by atoms with Gasteiger partial charge in [-0.3, -0.25) is 9.10 Å². The number of sulfonamides is 1. The summed E-state index contributed by atoms with van der Waals surface area (Å²) in [5.74, 6) is 0.607. The van der Waals surface area contributed by atoms with Crippen molar-refractivity contribution in [3.63, 3.8) is 0 Å². The largest absolute Gasteiger partial charge is 0.497 e. The molecule has 1 aliphatic heterocycles. The molecule has 8 nitrogen and oxygen atoms in total. The molecule has 0 aliphatic carbocycles. The minimum absolute atomic E-state index is 0.0695. The van der Waals surface area contributed by atoms with E-state index in [1.165, 1.54) is 35.4 Å². The van der Waals surface area contributed by atoms with Crippen LogP contribution in [0.25, 0.3) is 0 Å². The predicted octanol–water partition coefficient (Wildman–Crippen LogP) is 3.05. The molecule has 1 aromatic heterocycles. The number of carbonyl (C=O) groups is 1. The van der Waals surface area contributed by atoms with E-state index >= 15 is 0 Å². The van der Waals surface area contributed by atoms with E-state index in [-0.39, 0.29) is 10.6 Å². The van der Waals surface area contributed by atoms with Gasteiger partial charge in [0.1, 0.15) is 22.1 Å². The highest BCUT2D eigenvalue weighted by Crippen LogP contribution is 2.33. The molecule has 3 aromatic rings. The molecule has 0 atom stereocenters. The van der Waals surface area contributed by atoms with Crippen molar-refractivity contribution in [3.05, 3.63) is 66.0 Å². The van der Waals surface area contributed by atoms with Crippen LogP contribution in [0.15, 0.2) is 59.6 Å². The fraction of sp³-hybridized carbons (Fsp3) is 0.227. The number of aromatic nitrogens is 1. The van der Waals surface area contributed by atoms with Gasteiger partial charge in [-0.25, -0.2) is 8.42 Å². The lowest BCUT2D eigenvalue weighted by Gasteiger charge is -2.18. The van der Waals surface area contributed by atoms with E-state index in [1.807, 2.05) is 18.2 Å². The standard InChI is InChI=1S/C22H23N3O5S/c1-24-14-19(31(27,28)25-9-8-15-6-4-5-7-20(15)25)13-21(24)22(26)23-16-10-17(29-2)12-18(11-16)30-3/h4-7,10-14H,8-9H2,1-3H3,(H,23,26). The number of rotatable bonds is 6. The second-order valence-corrected chi connectivity index (χ2v) is 9.05. The maximum absolute atomic E-state index is 13.3. The van der Waals surface area contributed by atoms with Gasteiger partial charge < -0.3 is 19.4 Å². The Bertz CT molecular complexity index is 1230. The Morgan fingerprint density at radius 2 is 1.71 bits per heavy atom. The van der Waals surface area contributed by atoms with Crippen LogP contribution in [0, 0.1) is 0 Å². The fourth-order valence-corrected chi connectivity index (χ4v) is 5.24. The predicted molar refractivity (Wildman–Crippen MR) is 118 cm³/mol. The first-order valence-corrected chi connectivity index (χ1v) is 11.1. The monoisotopic (exact) mass is 441 g/mol. The molecule has 0 bridgehead atoms. The van der Waals surface area contributed by atoms with Crippen LogP contribution in [-0.4, -0.2) is 39.7 Å². The van der Waals surface area contributed by atoms with Crippen LogP contribution in [0.3, 0.4) is 0 Å². The van der Waals surface area contributed by atoms with Crippen molar-refractivity contribution in [2.45, 2.75) is 11.3 Å². The summed E-state index contributed by atoms with van der Waals surface area (Å²) in [6.07, 6.45) is 2.12.